The van der Waals surface area contributed by atoms with Crippen LogP contribution in [0.2, 0.25) is 0 Å². The van der Waals surface area contributed by atoms with Crippen molar-refractivity contribution in [2.45, 2.75) is 18.8 Å². The van der Waals surface area contributed by atoms with E-state index >= 15 is 0 Å². The maximum Gasteiger partial charge on any atom is 0.0360 e. The van der Waals surface area contributed by atoms with Crippen molar-refractivity contribution in [2.24, 2.45) is 0 Å². The van der Waals surface area contributed by atoms with Gasteiger partial charge in [-0.15, -0.1) is 0 Å². The Labute approximate surface area is 74.7 Å². The molecule has 1 saturated carbocycles. The van der Waals surface area contributed by atoms with Gasteiger partial charge in [0.15, 0.2) is 0 Å². The van der Waals surface area contributed by atoms with Gasteiger partial charge in [-0.3, -0.25) is 0 Å². The molecule has 0 spiro atoms. The Balaban J connectivity index is 2.48. The Kier molecular flexibility index (Phi) is 1.64. The summed E-state index contributed by atoms with van der Waals surface area (Å²) in [5.41, 5.74) is 8.08. The van der Waals surface area contributed by atoms with Crippen LogP contribution in [0, 0.1) is 0 Å². The molecule has 58 valence electrons. The summed E-state index contributed by atoms with van der Waals surface area (Å²) in [4.78, 5) is 0. The molecule has 2 heteroatoms. The molecule has 0 atom stereocenters. The van der Waals surface area contributed by atoms with Crippen molar-refractivity contribution in [3.63, 3.8) is 0 Å². The van der Waals surface area contributed by atoms with Crippen LogP contribution in [0.4, 0.5) is 5.69 Å². The van der Waals surface area contributed by atoms with E-state index in [1.165, 1.54) is 22.9 Å². The summed E-state index contributed by atoms with van der Waals surface area (Å²) in [6.45, 7) is 0. The minimum absolute atomic E-state index is 0.727. The van der Waals surface area contributed by atoms with Gasteiger partial charge in [-0.05, 0) is 36.5 Å². The highest BCUT2D eigenvalue weighted by Gasteiger charge is 2.27. The van der Waals surface area contributed by atoms with Gasteiger partial charge in [-0.1, -0.05) is 22.0 Å². The first-order valence-corrected chi connectivity index (χ1v) is 4.62. The van der Waals surface area contributed by atoms with Crippen LogP contribution in [0.25, 0.3) is 0 Å². The molecular formula is C9H10BrN. The number of nitrogen functional groups attached to an aromatic ring is 1. The molecule has 1 aromatic carbocycles. The molecule has 0 heterocycles. The Morgan fingerprint density at radius 2 is 2.09 bits per heavy atom. The van der Waals surface area contributed by atoms with E-state index < -0.39 is 0 Å². The zero-order valence-corrected chi connectivity index (χ0v) is 7.76. The number of halogens is 1. The van der Waals surface area contributed by atoms with E-state index in [4.69, 9.17) is 5.73 Å². The fourth-order valence-electron chi connectivity index (χ4n) is 1.36. The van der Waals surface area contributed by atoms with Crippen LogP contribution < -0.4 is 5.73 Å². The second kappa shape index (κ2) is 2.52. The topological polar surface area (TPSA) is 26.0 Å². The number of hydrogen-bond acceptors (Lipinski definition) is 1. The van der Waals surface area contributed by atoms with Gasteiger partial charge >= 0.3 is 0 Å². The minimum atomic E-state index is 0.727. The largest absolute Gasteiger partial charge is 0.398 e. The molecule has 2 N–H and O–H groups in total. The fraction of sp³-hybridized carbons (Fsp3) is 0.333. The van der Waals surface area contributed by atoms with E-state index in [0.717, 1.165) is 11.6 Å². The smallest absolute Gasteiger partial charge is 0.0360 e. The summed E-state index contributed by atoms with van der Waals surface area (Å²) in [5, 5.41) is 0. The van der Waals surface area contributed by atoms with Crippen molar-refractivity contribution < 1.29 is 0 Å². The van der Waals surface area contributed by atoms with Crippen molar-refractivity contribution in [3.8, 4) is 0 Å². The van der Waals surface area contributed by atoms with Crippen LogP contribution in [-0.4, -0.2) is 0 Å². The lowest BCUT2D eigenvalue weighted by molar-refractivity contribution is 1.12. The van der Waals surface area contributed by atoms with Crippen molar-refractivity contribution in [1.82, 2.24) is 0 Å². The highest BCUT2D eigenvalue weighted by Crippen LogP contribution is 2.45. The van der Waals surface area contributed by atoms with Crippen LogP contribution in [0.1, 0.15) is 24.3 Å². The zero-order chi connectivity index (χ0) is 7.84. The van der Waals surface area contributed by atoms with Gasteiger partial charge in [0, 0.05) is 10.2 Å². The maximum absolute atomic E-state index is 5.83. The Morgan fingerprint density at radius 1 is 1.36 bits per heavy atom. The molecule has 1 aliphatic carbocycles. The van der Waals surface area contributed by atoms with Crippen molar-refractivity contribution in [1.29, 1.82) is 0 Å². The molecule has 0 amide bonds. The van der Waals surface area contributed by atoms with Crippen molar-refractivity contribution in [3.05, 3.63) is 28.2 Å². The van der Waals surface area contributed by atoms with Gasteiger partial charge in [0.2, 0.25) is 0 Å². The van der Waals surface area contributed by atoms with E-state index in [2.05, 4.69) is 22.0 Å². The molecule has 0 bridgehead atoms. The average Bonchev–Trinajstić information content (AvgIpc) is 2.70. The molecule has 0 saturated heterocycles. The van der Waals surface area contributed by atoms with E-state index in [-0.39, 0.29) is 0 Å². The van der Waals surface area contributed by atoms with Crippen LogP contribution in [0.3, 0.4) is 0 Å². The predicted molar refractivity (Wildman–Crippen MR) is 50.5 cm³/mol. The van der Waals surface area contributed by atoms with Crippen LogP contribution in [0.15, 0.2) is 22.7 Å². The monoisotopic (exact) mass is 211 g/mol. The molecular weight excluding hydrogens is 202 g/mol. The maximum atomic E-state index is 5.83. The van der Waals surface area contributed by atoms with Crippen molar-refractivity contribution in [2.75, 3.05) is 5.73 Å². The van der Waals surface area contributed by atoms with Gasteiger partial charge in [-0.25, -0.2) is 0 Å². The predicted octanol–water partition coefficient (Wildman–Crippen LogP) is 2.91. The summed E-state index contributed by atoms with van der Waals surface area (Å²) in [6, 6.07) is 6.01. The van der Waals surface area contributed by atoms with Gasteiger partial charge in [0.1, 0.15) is 0 Å². The summed E-state index contributed by atoms with van der Waals surface area (Å²) < 4.78 is 1.17. The lowest BCUT2D eigenvalue weighted by Crippen LogP contribution is -1.92. The third-order valence-electron chi connectivity index (χ3n) is 2.07. The molecule has 11 heavy (non-hydrogen) atoms. The number of nitrogens with two attached hydrogens (primary N) is 1. The summed E-state index contributed by atoms with van der Waals surface area (Å²) in [7, 11) is 0. The number of rotatable bonds is 1. The Hall–Kier alpha value is -0.500. The average molecular weight is 212 g/mol. The van der Waals surface area contributed by atoms with Gasteiger partial charge in [-0.2, -0.15) is 0 Å². The molecule has 1 aromatic rings. The highest BCUT2D eigenvalue weighted by atomic mass is 79.9. The molecule has 2 rings (SSSR count). The standard InChI is InChI=1S/C9H10BrN/c10-7-2-1-3-8(11)9(7)6-4-5-6/h1-3,6H,4-5,11H2. The molecule has 0 aliphatic heterocycles. The number of hydrogen-bond donors (Lipinski definition) is 1. The van der Waals surface area contributed by atoms with Gasteiger partial charge in [0.25, 0.3) is 0 Å². The molecule has 0 radical (unpaired) electrons. The second-order valence-electron chi connectivity index (χ2n) is 3.02. The normalized spacial score (nSPS) is 16.8. The number of anilines is 1. The summed E-state index contributed by atoms with van der Waals surface area (Å²) >= 11 is 3.51. The lowest BCUT2D eigenvalue weighted by Gasteiger charge is -2.05. The van der Waals surface area contributed by atoms with E-state index in [1.807, 2.05) is 12.1 Å². The minimum Gasteiger partial charge on any atom is -0.398 e. The first-order chi connectivity index (χ1) is 5.29. The Bertz CT molecular complexity index is 259. The summed E-state index contributed by atoms with van der Waals surface area (Å²) in [6.07, 6.45) is 2.60. The first-order valence-electron chi connectivity index (χ1n) is 3.83. The first kappa shape index (κ1) is 7.17. The van der Waals surface area contributed by atoms with Crippen molar-refractivity contribution >= 4 is 21.6 Å². The van der Waals surface area contributed by atoms with Crippen LogP contribution in [-0.2, 0) is 0 Å². The van der Waals surface area contributed by atoms with Gasteiger partial charge in [0.05, 0.1) is 0 Å². The second-order valence-corrected chi connectivity index (χ2v) is 3.87. The van der Waals surface area contributed by atoms with Crippen LogP contribution >= 0.6 is 15.9 Å². The molecule has 0 unspecified atom stereocenters. The summed E-state index contributed by atoms with van der Waals surface area (Å²) in [5.74, 6) is 0.727. The van der Waals surface area contributed by atoms with Gasteiger partial charge < -0.3 is 5.73 Å². The molecule has 1 aliphatic rings. The van der Waals surface area contributed by atoms with E-state index in [9.17, 15) is 0 Å². The molecule has 0 aromatic heterocycles. The molecule has 1 fully saturated rings. The lowest BCUT2D eigenvalue weighted by atomic mass is 10.1. The quantitative estimate of drug-likeness (QED) is 0.711. The fourth-order valence-corrected chi connectivity index (χ4v) is 2.06. The van der Waals surface area contributed by atoms with Crippen LogP contribution in [0.5, 0.6) is 0 Å². The Morgan fingerprint density at radius 3 is 2.64 bits per heavy atom. The van der Waals surface area contributed by atoms with E-state index in [0.29, 0.717) is 0 Å². The SMILES string of the molecule is Nc1cccc(Br)c1C1CC1. The third-order valence-corrected chi connectivity index (χ3v) is 2.76. The number of benzene rings is 1. The molecule has 1 nitrogen and oxygen atoms in total. The van der Waals surface area contributed by atoms with E-state index in [1.54, 1.807) is 0 Å². The highest BCUT2D eigenvalue weighted by molar-refractivity contribution is 9.10. The zero-order valence-electron chi connectivity index (χ0n) is 6.18. The third kappa shape index (κ3) is 1.27.